The fourth-order valence-corrected chi connectivity index (χ4v) is 2.11. The van der Waals surface area contributed by atoms with E-state index >= 15 is 0 Å². The second-order valence-corrected chi connectivity index (χ2v) is 5.25. The lowest BCUT2D eigenvalue weighted by Crippen LogP contribution is -2.05. The Morgan fingerprint density at radius 3 is 2.65 bits per heavy atom. The third-order valence-corrected chi connectivity index (χ3v) is 3.47. The van der Waals surface area contributed by atoms with E-state index in [1.807, 2.05) is 19.9 Å². The van der Waals surface area contributed by atoms with E-state index in [0.717, 1.165) is 16.7 Å². The topological polar surface area (TPSA) is 35.2 Å². The molecule has 0 heterocycles. The normalized spacial score (nSPS) is 12.2. The number of aryl methyl sites for hydroxylation is 1. The molecule has 1 atom stereocenters. The van der Waals surface area contributed by atoms with E-state index in [-0.39, 0.29) is 18.5 Å². The average Bonchev–Trinajstić information content (AvgIpc) is 2.40. The highest BCUT2D eigenvalue weighted by Crippen LogP contribution is 2.28. The molecule has 0 aliphatic carbocycles. The van der Waals surface area contributed by atoms with Crippen LogP contribution in [0.3, 0.4) is 0 Å². The first kappa shape index (κ1) is 14.8. The van der Waals surface area contributed by atoms with Crippen molar-refractivity contribution in [2.24, 2.45) is 5.73 Å². The zero-order valence-electron chi connectivity index (χ0n) is 11.5. The van der Waals surface area contributed by atoms with Crippen molar-refractivity contribution in [1.82, 2.24) is 0 Å². The molecule has 0 aliphatic heterocycles. The number of ether oxygens (including phenoxy) is 1. The van der Waals surface area contributed by atoms with Crippen LogP contribution in [-0.2, 0) is 6.61 Å². The number of rotatable bonds is 4. The number of hydrogen-bond acceptors (Lipinski definition) is 2. The first-order chi connectivity index (χ1) is 9.47. The summed E-state index contributed by atoms with van der Waals surface area (Å²) in [6.07, 6.45) is 0. The second kappa shape index (κ2) is 6.25. The van der Waals surface area contributed by atoms with E-state index in [1.165, 1.54) is 12.1 Å². The van der Waals surface area contributed by atoms with E-state index in [2.05, 4.69) is 0 Å². The number of nitrogens with two attached hydrogens (primary N) is 1. The molecule has 0 aliphatic rings. The summed E-state index contributed by atoms with van der Waals surface area (Å²) in [5.74, 6) is 0.298. The van der Waals surface area contributed by atoms with Gasteiger partial charge in [-0.2, -0.15) is 0 Å². The minimum absolute atomic E-state index is 0.0768. The summed E-state index contributed by atoms with van der Waals surface area (Å²) in [4.78, 5) is 0. The molecule has 2 aromatic carbocycles. The molecule has 0 radical (unpaired) electrons. The van der Waals surface area contributed by atoms with Crippen molar-refractivity contribution in [3.63, 3.8) is 0 Å². The smallest absolute Gasteiger partial charge is 0.138 e. The molecular formula is C16H17ClFNO. The molecule has 2 nitrogen and oxygen atoms in total. The van der Waals surface area contributed by atoms with Gasteiger partial charge in [0.2, 0.25) is 0 Å². The molecule has 2 rings (SSSR count). The molecule has 2 aromatic rings. The van der Waals surface area contributed by atoms with Crippen LogP contribution in [0.25, 0.3) is 0 Å². The van der Waals surface area contributed by atoms with Gasteiger partial charge in [0, 0.05) is 6.04 Å². The van der Waals surface area contributed by atoms with Gasteiger partial charge in [-0.1, -0.05) is 23.7 Å². The van der Waals surface area contributed by atoms with Crippen LogP contribution in [0, 0.1) is 12.7 Å². The van der Waals surface area contributed by atoms with Gasteiger partial charge in [-0.15, -0.1) is 0 Å². The van der Waals surface area contributed by atoms with Crippen LogP contribution in [-0.4, -0.2) is 0 Å². The monoisotopic (exact) mass is 293 g/mol. The van der Waals surface area contributed by atoms with Crippen LogP contribution in [0.1, 0.15) is 29.7 Å². The Kier molecular flexibility index (Phi) is 4.63. The average molecular weight is 294 g/mol. The van der Waals surface area contributed by atoms with Crippen LogP contribution in [0.15, 0.2) is 36.4 Å². The summed E-state index contributed by atoms with van der Waals surface area (Å²) in [6, 6.07) is 10.0. The van der Waals surface area contributed by atoms with Crippen molar-refractivity contribution >= 4 is 11.6 Å². The number of benzene rings is 2. The Labute approximate surface area is 123 Å². The first-order valence-corrected chi connectivity index (χ1v) is 6.78. The fraction of sp³-hybridized carbons (Fsp3) is 0.250. The van der Waals surface area contributed by atoms with Gasteiger partial charge in [0.1, 0.15) is 18.2 Å². The lowest BCUT2D eigenvalue weighted by molar-refractivity contribution is 0.305. The molecule has 0 saturated carbocycles. The van der Waals surface area contributed by atoms with E-state index in [4.69, 9.17) is 22.1 Å². The van der Waals surface area contributed by atoms with Crippen molar-refractivity contribution in [3.8, 4) is 5.75 Å². The van der Waals surface area contributed by atoms with Gasteiger partial charge in [0.25, 0.3) is 0 Å². The van der Waals surface area contributed by atoms with Gasteiger partial charge in [-0.25, -0.2) is 4.39 Å². The molecule has 2 N–H and O–H groups in total. The maximum Gasteiger partial charge on any atom is 0.138 e. The second-order valence-electron chi connectivity index (χ2n) is 4.84. The van der Waals surface area contributed by atoms with Gasteiger partial charge < -0.3 is 10.5 Å². The molecule has 0 aromatic heterocycles. The SMILES string of the molecule is Cc1ccc(F)cc1COc1ccc([C@@H](C)N)cc1Cl. The van der Waals surface area contributed by atoms with Crippen molar-refractivity contribution in [1.29, 1.82) is 0 Å². The molecule has 0 unspecified atom stereocenters. The number of hydrogen-bond donors (Lipinski definition) is 1. The minimum Gasteiger partial charge on any atom is -0.487 e. The van der Waals surface area contributed by atoms with E-state index in [1.54, 1.807) is 18.2 Å². The number of halogens is 2. The summed E-state index contributed by atoms with van der Waals surface area (Å²) in [5, 5.41) is 0.508. The van der Waals surface area contributed by atoms with Gasteiger partial charge in [-0.3, -0.25) is 0 Å². The lowest BCUT2D eigenvalue weighted by Gasteiger charge is -2.12. The van der Waals surface area contributed by atoms with Crippen LogP contribution >= 0.6 is 11.6 Å². The Bertz CT molecular complexity index is 613. The van der Waals surface area contributed by atoms with E-state index in [9.17, 15) is 4.39 Å². The molecule has 20 heavy (non-hydrogen) atoms. The Morgan fingerprint density at radius 1 is 1.25 bits per heavy atom. The standard InChI is InChI=1S/C16H17ClFNO/c1-10-3-5-14(18)7-13(10)9-20-16-6-4-12(11(2)19)8-15(16)17/h3-8,11H,9,19H2,1-2H3/t11-/m1/s1. The van der Waals surface area contributed by atoms with Crippen LogP contribution < -0.4 is 10.5 Å². The maximum atomic E-state index is 13.2. The molecule has 4 heteroatoms. The zero-order chi connectivity index (χ0) is 14.7. The van der Waals surface area contributed by atoms with Crippen molar-refractivity contribution in [3.05, 3.63) is 63.9 Å². The van der Waals surface area contributed by atoms with Gasteiger partial charge >= 0.3 is 0 Å². The summed E-state index contributed by atoms with van der Waals surface area (Å²) in [5.41, 5.74) is 8.53. The summed E-state index contributed by atoms with van der Waals surface area (Å²) < 4.78 is 18.9. The van der Waals surface area contributed by atoms with Crippen LogP contribution in [0.5, 0.6) is 5.75 Å². The third-order valence-electron chi connectivity index (χ3n) is 3.18. The van der Waals surface area contributed by atoms with Gasteiger partial charge in [0.05, 0.1) is 5.02 Å². The molecule has 0 amide bonds. The maximum absolute atomic E-state index is 13.2. The largest absolute Gasteiger partial charge is 0.487 e. The first-order valence-electron chi connectivity index (χ1n) is 6.40. The highest BCUT2D eigenvalue weighted by molar-refractivity contribution is 6.32. The zero-order valence-corrected chi connectivity index (χ0v) is 12.2. The van der Waals surface area contributed by atoms with Crippen molar-refractivity contribution < 1.29 is 9.13 Å². The fourth-order valence-electron chi connectivity index (χ4n) is 1.87. The van der Waals surface area contributed by atoms with E-state index in [0.29, 0.717) is 10.8 Å². The molecule has 106 valence electrons. The Balaban J connectivity index is 2.13. The van der Waals surface area contributed by atoms with E-state index < -0.39 is 0 Å². The highest BCUT2D eigenvalue weighted by atomic mass is 35.5. The summed E-state index contributed by atoms with van der Waals surface area (Å²) in [7, 11) is 0. The summed E-state index contributed by atoms with van der Waals surface area (Å²) >= 11 is 6.16. The molecule has 0 saturated heterocycles. The van der Waals surface area contributed by atoms with Crippen molar-refractivity contribution in [2.45, 2.75) is 26.5 Å². The predicted octanol–water partition coefficient (Wildman–Crippen LogP) is 4.39. The summed E-state index contributed by atoms with van der Waals surface area (Å²) in [6.45, 7) is 4.09. The Morgan fingerprint density at radius 2 is 2.00 bits per heavy atom. The predicted molar refractivity (Wildman–Crippen MR) is 79.5 cm³/mol. The van der Waals surface area contributed by atoms with Crippen LogP contribution in [0.4, 0.5) is 4.39 Å². The minimum atomic E-state index is -0.271. The quantitative estimate of drug-likeness (QED) is 0.907. The molecule has 0 fully saturated rings. The lowest BCUT2D eigenvalue weighted by atomic mass is 10.1. The van der Waals surface area contributed by atoms with Gasteiger partial charge in [-0.05, 0) is 54.8 Å². The molecule has 0 spiro atoms. The third kappa shape index (κ3) is 3.50. The van der Waals surface area contributed by atoms with Crippen molar-refractivity contribution in [2.75, 3.05) is 0 Å². The molecular weight excluding hydrogens is 277 g/mol. The Hall–Kier alpha value is -1.58. The molecule has 0 bridgehead atoms. The van der Waals surface area contributed by atoms with Crippen LogP contribution in [0.2, 0.25) is 5.02 Å². The highest BCUT2D eigenvalue weighted by Gasteiger charge is 2.07. The van der Waals surface area contributed by atoms with Gasteiger partial charge in [0.15, 0.2) is 0 Å².